The quantitative estimate of drug-likeness (QED) is 0.152. The van der Waals surface area contributed by atoms with Crippen LogP contribution >= 0.6 is 34.8 Å². The van der Waals surface area contributed by atoms with Gasteiger partial charge in [-0.15, -0.1) is 0 Å². The number of halogens is 3. The predicted octanol–water partition coefficient (Wildman–Crippen LogP) is 13.0. The van der Waals surface area contributed by atoms with Gasteiger partial charge in [-0.05, 0) is 185 Å². The van der Waals surface area contributed by atoms with Gasteiger partial charge in [0.25, 0.3) is 0 Å². The summed E-state index contributed by atoms with van der Waals surface area (Å²) in [5.74, 6) is 0. The molecule has 8 aromatic rings. The Hall–Kier alpha value is -4.77. The van der Waals surface area contributed by atoms with E-state index in [1.807, 2.05) is 104 Å². The normalized spacial score (nSPS) is 16.6. The lowest BCUT2D eigenvalue weighted by molar-refractivity contribution is 0.682. The van der Waals surface area contributed by atoms with Crippen molar-refractivity contribution in [2.45, 2.75) is 51.5 Å². The molecule has 0 radical (unpaired) electrons. The van der Waals surface area contributed by atoms with E-state index in [0.717, 1.165) is 50.1 Å². The maximum atomic E-state index is 14.5. The Labute approximate surface area is 378 Å². The lowest BCUT2D eigenvalue weighted by Crippen LogP contribution is -2.26. The second kappa shape index (κ2) is 15.9. The fourth-order valence-electron chi connectivity index (χ4n) is 8.49. The number of aryl methyl sites for hydroxylation is 1. The molecule has 0 fully saturated rings. The Balaban J connectivity index is 1.26. The topological polar surface area (TPSA) is 68.3 Å². The van der Waals surface area contributed by atoms with E-state index in [2.05, 4.69) is 0 Å². The Morgan fingerprint density at radius 3 is 0.770 bits per heavy atom. The van der Waals surface area contributed by atoms with E-state index >= 15 is 0 Å². The molecule has 0 amide bonds. The van der Waals surface area contributed by atoms with Crippen LogP contribution in [-0.2, 0) is 48.6 Å². The van der Waals surface area contributed by atoms with E-state index in [1.54, 1.807) is 72.8 Å². The van der Waals surface area contributed by atoms with Gasteiger partial charge in [-0.3, -0.25) is 0 Å². The Morgan fingerprint density at radius 2 is 0.525 bits per heavy atom. The van der Waals surface area contributed by atoms with Gasteiger partial charge in [0, 0.05) is 54.2 Å². The summed E-state index contributed by atoms with van der Waals surface area (Å²) in [6.45, 7) is 1.99. The lowest BCUT2D eigenvalue weighted by Gasteiger charge is -2.31. The van der Waals surface area contributed by atoms with E-state index in [9.17, 15) is 16.8 Å². The van der Waals surface area contributed by atoms with Gasteiger partial charge in [0.05, 0.1) is 48.6 Å². The van der Waals surface area contributed by atoms with Crippen molar-refractivity contribution in [3.63, 3.8) is 0 Å². The smallest absolute Gasteiger partial charge is 0.0849 e. The highest BCUT2D eigenvalue weighted by atomic mass is 35.5. The Kier molecular flexibility index (Phi) is 10.5. The van der Waals surface area contributed by atoms with Crippen LogP contribution in [0.5, 0.6) is 0 Å². The Morgan fingerprint density at radius 1 is 0.311 bits per heavy atom. The average Bonchev–Trinajstić information content (AvgIpc) is 3.74. The highest BCUT2D eigenvalue weighted by Gasteiger charge is 2.52. The molecular weight excluding hydrogens is 899 g/mol. The number of fused-ring (bicyclic) bond motifs is 10. The van der Waals surface area contributed by atoms with Crippen LogP contribution in [0.3, 0.4) is 0 Å². The fraction of sp³-hybridized carbons (Fsp3) is 0.0400. The van der Waals surface area contributed by atoms with Gasteiger partial charge >= 0.3 is 0 Å². The Bertz CT molecular complexity index is 2750. The van der Waals surface area contributed by atoms with Crippen molar-refractivity contribution in [3.05, 3.63) is 213 Å². The van der Waals surface area contributed by atoms with Crippen LogP contribution in [0, 0.1) is 6.92 Å². The molecule has 0 bridgehead atoms. The first-order chi connectivity index (χ1) is 29.5. The third kappa shape index (κ3) is 6.84. The van der Waals surface area contributed by atoms with Gasteiger partial charge < -0.3 is 0 Å². The summed E-state index contributed by atoms with van der Waals surface area (Å²) < 4.78 is 57.7. The molecule has 2 aliphatic carbocycles. The predicted molar refractivity (Wildman–Crippen MR) is 247 cm³/mol. The monoisotopic (exact) mass is 928 g/mol. The second-order valence-electron chi connectivity index (χ2n) is 14.8. The molecule has 0 aromatic heterocycles. The third-order valence-electron chi connectivity index (χ3n) is 11.3. The zero-order valence-electron chi connectivity index (χ0n) is 32.1. The summed E-state index contributed by atoms with van der Waals surface area (Å²) in [5.41, 5.74) is 7.00. The van der Waals surface area contributed by atoms with Crippen LogP contribution in [0.2, 0.25) is 15.1 Å². The first-order valence-electron chi connectivity index (χ1n) is 19.1. The molecule has 0 saturated carbocycles. The molecule has 4 unspecified atom stereocenters. The van der Waals surface area contributed by atoms with Crippen molar-refractivity contribution in [1.29, 1.82) is 0 Å². The number of hydrogen-bond acceptors (Lipinski definition) is 4. The van der Waals surface area contributed by atoms with Crippen LogP contribution in [-0.4, -0.2) is 16.8 Å². The highest BCUT2D eigenvalue weighted by Crippen LogP contribution is 2.64. The summed E-state index contributed by atoms with van der Waals surface area (Å²) in [5, 5.41) is 1.63. The van der Waals surface area contributed by atoms with Gasteiger partial charge in [-0.2, -0.15) is 0 Å². The van der Waals surface area contributed by atoms with E-state index in [4.69, 9.17) is 34.8 Å². The minimum absolute atomic E-state index is 0.542. The fourth-order valence-corrected chi connectivity index (χ4v) is 13.2. The minimum Gasteiger partial charge on any atom is -0.249 e. The second-order valence-corrected chi connectivity index (χ2v) is 22.1. The van der Waals surface area contributed by atoms with Gasteiger partial charge in [-0.25, -0.2) is 16.8 Å². The molecule has 300 valence electrons. The van der Waals surface area contributed by atoms with Crippen LogP contribution in [0.1, 0.15) is 27.8 Å². The first-order valence-corrected chi connectivity index (χ1v) is 24.8. The molecule has 2 aliphatic rings. The molecule has 1 spiro atoms. The summed E-state index contributed by atoms with van der Waals surface area (Å²) in [4.78, 5) is 4.80. The van der Waals surface area contributed by atoms with Crippen LogP contribution in [0.25, 0.3) is 22.3 Å². The molecule has 61 heavy (non-hydrogen) atoms. The summed E-state index contributed by atoms with van der Waals surface area (Å²) in [7, 11) is -6.30. The van der Waals surface area contributed by atoms with Crippen molar-refractivity contribution in [2.75, 3.05) is 0 Å². The lowest BCUT2D eigenvalue weighted by atomic mass is 9.70. The van der Waals surface area contributed by atoms with Gasteiger partial charge in [0.15, 0.2) is 0 Å². The maximum Gasteiger partial charge on any atom is 0.0849 e. The molecule has 0 N–H and O–H groups in total. The van der Waals surface area contributed by atoms with Crippen molar-refractivity contribution in [2.24, 2.45) is 0 Å². The van der Waals surface area contributed by atoms with Gasteiger partial charge in [0.1, 0.15) is 0 Å². The number of hydrogen-bond donors (Lipinski definition) is 0. The molecule has 11 heteroatoms. The number of benzene rings is 8. The third-order valence-corrected chi connectivity index (χ3v) is 17.6. The molecule has 0 heterocycles. The number of rotatable bonds is 8. The first kappa shape index (κ1) is 40.3. The minimum atomic E-state index is -1.59. The van der Waals surface area contributed by atoms with Crippen molar-refractivity contribution < 1.29 is 16.8 Å². The van der Waals surface area contributed by atoms with Crippen molar-refractivity contribution in [1.82, 2.24) is 0 Å². The zero-order chi connectivity index (χ0) is 42.2. The highest BCUT2D eigenvalue weighted by molar-refractivity contribution is 7.86. The van der Waals surface area contributed by atoms with Crippen molar-refractivity contribution in [3.8, 4) is 22.3 Å². The van der Waals surface area contributed by atoms with E-state index < -0.39 is 48.6 Å². The average molecular weight is 930 g/mol. The van der Waals surface area contributed by atoms with Gasteiger partial charge in [0.2, 0.25) is 0 Å². The summed E-state index contributed by atoms with van der Waals surface area (Å²) >= 11 is 18.7. The van der Waals surface area contributed by atoms with Crippen LogP contribution in [0.4, 0.5) is 0 Å². The SMILES string of the molecule is Cc1ccc(S(=O)c2ccc3c(c2)C2(c4cc(S(=O)c5ccc(Cl)cc5)ccc4-3)c3cc(S(=O)c4ccc(Cl)cc4)ccc3-c3ccc(S(=O)c4ccc(Cl)cc4)cc32)cc1. The zero-order valence-corrected chi connectivity index (χ0v) is 37.6. The van der Waals surface area contributed by atoms with Crippen molar-refractivity contribution >= 4 is 78.0 Å². The summed E-state index contributed by atoms with van der Waals surface area (Å²) in [6.07, 6.45) is 0. The van der Waals surface area contributed by atoms with Crippen LogP contribution in [0.15, 0.2) is 209 Å². The molecule has 4 atom stereocenters. The largest absolute Gasteiger partial charge is 0.249 e. The van der Waals surface area contributed by atoms with E-state index in [-0.39, 0.29) is 0 Å². The molecule has 0 aliphatic heterocycles. The van der Waals surface area contributed by atoms with Crippen LogP contribution < -0.4 is 0 Å². The molecule has 8 aromatic carbocycles. The van der Waals surface area contributed by atoms with Gasteiger partial charge in [-0.1, -0.05) is 76.8 Å². The standard InChI is InChI=1S/C50H31Cl3O4S4/c1-30-2-10-34(11-3-30)58(54)38-18-22-42-43-23-19-39(59(55)35-12-4-31(51)5-13-35)27-47(43)50(46(42)26-38)48-28-40(60(56)36-14-6-32(52)7-15-36)20-24-44(48)45-25-21-41(29-49(45)50)61(57)37-16-8-33(53)9-17-37/h2-29H,1H3. The molecule has 4 nitrogen and oxygen atoms in total. The molecule has 10 rings (SSSR count). The maximum absolute atomic E-state index is 14.5. The van der Waals surface area contributed by atoms with E-state index in [0.29, 0.717) is 54.2 Å². The van der Waals surface area contributed by atoms with E-state index in [1.165, 1.54) is 0 Å². The molecular formula is C50H31Cl3O4S4. The summed E-state index contributed by atoms with van der Waals surface area (Å²) in [6, 6.07) is 52.2. The molecule has 0 saturated heterocycles.